The maximum atomic E-state index is 5.42. The fourth-order valence-electron chi connectivity index (χ4n) is 3.28. The van der Waals surface area contributed by atoms with Crippen LogP contribution < -0.4 is 10.6 Å². The summed E-state index contributed by atoms with van der Waals surface area (Å²) in [4.78, 5) is 6.75. The van der Waals surface area contributed by atoms with Crippen LogP contribution in [0.15, 0.2) is 9.52 Å². The van der Waals surface area contributed by atoms with Crippen LogP contribution in [-0.2, 0) is 19.4 Å². The van der Waals surface area contributed by atoms with Crippen LogP contribution in [-0.4, -0.2) is 49.7 Å². The molecular formula is C18H33N5O. The molecule has 2 heterocycles. The number of guanidine groups is 1. The lowest BCUT2D eigenvalue weighted by atomic mass is 9.94. The van der Waals surface area contributed by atoms with Gasteiger partial charge in [-0.1, -0.05) is 19.0 Å². The number of likely N-dealkylation sites (tertiary alicyclic amines) is 1. The molecule has 1 fully saturated rings. The quantitative estimate of drug-likeness (QED) is 0.591. The summed E-state index contributed by atoms with van der Waals surface area (Å²) in [6, 6.07) is 0. The zero-order valence-corrected chi connectivity index (χ0v) is 15.7. The first-order valence-electron chi connectivity index (χ1n) is 9.27. The van der Waals surface area contributed by atoms with Crippen molar-refractivity contribution in [2.45, 2.75) is 52.5 Å². The first-order chi connectivity index (χ1) is 11.7. The first-order valence-corrected chi connectivity index (χ1v) is 9.27. The Morgan fingerprint density at radius 2 is 2.00 bits per heavy atom. The molecule has 24 heavy (non-hydrogen) atoms. The maximum absolute atomic E-state index is 5.42. The lowest BCUT2D eigenvalue weighted by Gasteiger charge is -2.29. The van der Waals surface area contributed by atoms with E-state index in [4.69, 9.17) is 4.52 Å². The monoisotopic (exact) mass is 335 g/mol. The smallest absolute Gasteiger partial charge is 0.191 e. The van der Waals surface area contributed by atoms with Crippen molar-refractivity contribution in [1.82, 2.24) is 20.7 Å². The summed E-state index contributed by atoms with van der Waals surface area (Å²) in [6.45, 7) is 8.34. The van der Waals surface area contributed by atoms with E-state index in [2.05, 4.69) is 46.6 Å². The Morgan fingerprint density at radius 3 is 2.62 bits per heavy atom. The van der Waals surface area contributed by atoms with Gasteiger partial charge in [-0.05, 0) is 51.7 Å². The number of aryl methyl sites for hydroxylation is 2. The molecule has 0 aliphatic carbocycles. The summed E-state index contributed by atoms with van der Waals surface area (Å²) in [5.74, 6) is 2.66. The van der Waals surface area contributed by atoms with E-state index in [1.807, 2.05) is 7.05 Å². The molecule has 0 unspecified atom stereocenters. The maximum Gasteiger partial charge on any atom is 0.191 e. The van der Waals surface area contributed by atoms with Crippen LogP contribution >= 0.6 is 0 Å². The second kappa shape index (κ2) is 9.67. The van der Waals surface area contributed by atoms with Crippen LogP contribution in [0.3, 0.4) is 0 Å². The summed E-state index contributed by atoms with van der Waals surface area (Å²) in [7, 11) is 4.03. The molecule has 0 spiro atoms. The summed E-state index contributed by atoms with van der Waals surface area (Å²) < 4.78 is 5.42. The van der Waals surface area contributed by atoms with E-state index < -0.39 is 0 Å². The van der Waals surface area contributed by atoms with Crippen molar-refractivity contribution in [2.24, 2.45) is 10.9 Å². The minimum Gasteiger partial charge on any atom is -0.361 e. The van der Waals surface area contributed by atoms with E-state index in [9.17, 15) is 0 Å². The third-order valence-corrected chi connectivity index (χ3v) is 4.95. The number of aliphatic imine (C=N–C) groups is 1. The van der Waals surface area contributed by atoms with E-state index in [0.717, 1.165) is 42.7 Å². The van der Waals surface area contributed by atoms with Crippen LogP contribution in [0.25, 0.3) is 0 Å². The van der Waals surface area contributed by atoms with Gasteiger partial charge in [0.1, 0.15) is 5.76 Å². The van der Waals surface area contributed by atoms with Gasteiger partial charge in [0.2, 0.25) is 0 Å². The summed E-state index contributed by atoms with van der Waals surface area (Å²) in [5.41, 5.74) is 2.22. The summed E-state index contributed by atoms with van der Waals surface area (Å²) in [5, 5.41) is 11.0. The zero-order valence-electron chi connectivity index (χ0n) is 15.7. The predicted octanol–water partition coefficient (Wildman–Crippen LogP) is 2.20. The van der Waals surface area contributed by atoms with Gasteiger partial charge in [0.15, 0.2) is 5.96 Å². The normalized spacial score (nSPS) is 17.2. The SMILES string of the molecule is CCc1noc(CC)c1CNC(=NC)NCCC1CCN(C)CC1. The summed E-state index contributed by atoms with van der Waals surface area (Å²) >= 11 is 0. The van der Waals surface area contributed by atoms with Crippen molar-refractivity contribution in [3.63, 3.8) is 0 Å². The molecule has 0 bridgehead atoms. The van der Waals surface area contributed by atoms with Crippen LogP contribution in [0.5, 0.6) is 0 Å². The molecule has 0 radical (unpaired) electrons. The second-order valence-electron chi connectivity index (χ2n) is 6.63. The largest absolute Gasteiger partial charge is 0.361 e. The molecule has 0 aromatic carbocycles. The Labute approximate surface area is 146 Å². The average molecular weight is 335 g/mol. The number of hydrogen-bond donors (Lipinski definition) is 2. The Balaban J connectivity index is 1.75. The Morgan fingerprint density at radius 1 is 1.25 bits per heavy atom. The molecule has 1 aromatic rings. The van der Waals surface area contributed by atoms with Gasteiger partial charge in [-0.2, -0.15) is 0 Å². The molecule has 1 aliphatic heterocycles. The Hall–Kier alpha value is -1.56. The first kappa shape index (κ1) is 18.8. The predicted molar refractivity (Wildman–Crippen MR) is 98.3 cm³/mol. The molecule has 136 valence electrons. The van der Waals surface area contributed by atoms with Crippen molar-refractivity contribution < 1.29 is 4.52 Å². The lowest BCUT2D eigenvalue weighted by molar-refractivity contribution is 0.213. The van der Waals surface area contributed by atoms with Gasteiger partial charge in [0.25, 0.3) is 0 Å². The molecule has 6 nitrogen and oxygen atoms in total. The van der Waals surface area contributed by atoms with Gasteiger partial charge in [-0.25, -0.2) is 0 Å². The molecule has 1 aliphatic rings. The molecule has 1 saturated heterocycles. The fraction of sp³-hybridized carbons (Fsp3) is 0.778. The highest BCUT2D eigenvalue weighted by molar-refractivity contribution is 5.79. The van der Waals surface area contributed by atoms with E-state index in [1.165, 1.54) is 37.9 Å². The van der Waals surface area contributed by atoms with Gasteiger partial charge in [0.05, 0.1) is 5.69 Å². The van der Waals surface area contributed by atoms with Gasteiger partial charge in [0, 0.05) is 32.1 Å². The Bertz CT molecular complexity index is 496. The zero-order chi connectivity index (χ0) is 17.4. The molecule has 0 amide bonds. The third-order valence-electron chi connectivity index (χ3n) is 4.95. The van der Waals surface area contributed by atoms with E-state index in [1.54, 1.807) is 0 Å². The third kappa shape index (κ3) is 5.23. The number of rotatable bonds is 7. The van der Waals surface area contributed by atoms with Crippen LogP contribution in [0.2, 0.25) is 0 Å². The van der Waals surface area contributed by atoms with E-state index in [0.29, 0.717) is 6.54 Å². The van der Waals surface area contributed by atoms with Crippen LogP contribution in [0.1, 0.15) is 50.1 Å². The summed E-state index contributed by atoms with van der Waals surface area (Å²) in [6.07, 6.45) is 5.59. The number of nitrogens with one attached hydrogen (secondary N) is 2. The topological polar surface area (TPSA) is 65.7 Å². The fourth-order valence-corrected chi connectivity index (χ4v) is 3.28. The van der Waals surface area contributed by atoms with E-state index in [-0.39, 0.29) is 0 Å². The van der Waals surface area contributed by atoms with E-state index >= 15 is 0 Å². The molecule has 0 saturated carbocycles. The molecule has 0 atom stereocenters. The van der Waals surface area contributed by atoms with Gasteiger partial charge >= 0.3 is 0 Å². The van der Waals surface area contributed by atoms with Crippen molar-refractivity contribution >= 4 is 5.96 Å². The lowest BCUT2D eigenvalue weighted by Crippen LogP contribution is -2.39. The van der Waals surface area contributed by atoms with Crippen molar-refractivity contribution in [2.75, 3.05) is 33.7 Å². The second-order valence-corrected chi connectivity index (χ2v) is 6.63. The number of hydrogen-bond acceptors (Lipinski definition) is 4. The molecule has 2 rings (SSSR count). The number of aromatic nitrogens is 1. The van der Waals surface area contributed by atoms with Crippen molar-refractivity contribution in [3.05, 3.63) is 17.0 Å². The van der Waals surface area contributed by atoms with Crippen molar-refractivity contribution in [3.8, 4) is 0 Å². The number of piperidine rings is 1. The van der Waals surface area contributed by atoms with Crippen LogP contribution in [0, 0.1) is 5.92 Å². The molecular weight excluding hydrogens is 302 g/mol. The van der Waals surface area contributed by atoms with Crippen molar-refractivity contribution in [1.29, 1.82) is 0 Å². The molecule has 1 aromatic heterocycles. The Kier molecular flexibility index (Phi) is 7.56. The minimum atomic E-state index is 0.712. The van der Waals surface area contributed by atoms with Gasteiger partial charge in [-0.3, -0.25) is 4.99 Å². The molecule has 6 heteroatoms. The number of nitrogens with zero attached hydrogens (tertiary/aromatic N) is 3. The highest BCUT2D eigenvalue weighted by atomic mass is 16.5. The molecule has 2 N–H and O–H groups in total. The highest BCUT2D eigenvalue weighted by Crippen LogP contribution is 2.18. The van der Waals surface area contributed by atoms with Gasteiger partial charge in [-0.15, -0.1) is 0 Å². The highest BCUT2D eigenvalue weighted by Gasteiger charge is 2.16. The average Bonchev–Trinajstić information content (AvgIpc) is 3.01. The van der Waals surface area contributed by atoms with Crippen LogP contribution in [0.4, 0.5) is 0 Å². The van der Waals surface area contributed by atoms with Gasteiger partial charge < -0.3 is 20.1 Å². The standard InChI is InChI=1S/C18H33N5O/c1-5-16-15(17(6-2)24-22-16)13-21-18(19-3)20-10-7-14-8-11-23(4)12-9-14/h14H,5-13H2,1-4H3,(H2,19,20,21). The minimum absolute atomic E-state index is 0.712.